The molecule has 0 aliphatic heterocycles. The van der Waals surface area contributed by atoms with Crippen molar-refractivity contribution in [3.8, 4) is 0 Å². The Morgan fingerprint density at radius 2 is 1.12 bits per heavy atom. The number of benzene rings is 4. The van der Waals surface area contributed by atoms with Gasteiger partial charge in [0, 0.05) is 34.9 Å². The van der Waals surface area contributed by atoms with Crippen molar-refractivity contribution in [2.75, 3.05) is 6.54 Å². The van der Waals surface area contributed by atoms with E-state index in [4.69, 9.17) is 5.73 Å². The summed E-state index contributed by atoms with van der Waals surface area (Å²) in [6, 6.07) is 26.2. The lowest BCUT2D eigenvalue weighted by Gasteiger charge is -2.06. The second-order valence-electron chi connectivity index (χ2n) is 6.30. The molecule has 24 heavy (non-hydrogen) atoms. The van der Waals surface area contributed by atoms with Gasteiger partial charge in [-0.25, -0.2) is 0 Å². The van der Waals surface area contributed by atoms with Crippen LogP contribution >= 0.6 is 0 Å². The first-order chi connectivity index (χ1) is 11.9. The normalized spacial score (nSPS) is 11.9. The Balaban J connectivity index is 2.13. The zero-order valence-electron chi connectivity index (χ0n) is 13.4. The third-order valence-corrected chi connectivity index (χ3v) is 5.00. The number of nitrogens with zero attached hydrogens (tertiary/aromatic N) is 1. The zero-order chi connectivity index (χ0) is 16.1. The second kappa shape index (κ2) is 5.08. The molecule has 1 aromatic heterocycles. The van der Waals surface area contributed by atoms with Crippen molar-refractivity contribution in [1.82, 2.24) is 4.57 Å². The first-order valence-electron chi connectivity index (χ1n) is 8.40. The Bertz CT molecular complexity index is 1120. The van der Waals surface area contributed by atoms with E-state index in [-0.39, 0.29) is 0 Å². The van der Waals surface area contributed by atoms with Crippen LogP contribution in [0.15, 0.2) is 72.8 Å². The molecular weight excluding hydrogens is 292 g/mol. The van der Waals surface area contributed by atoms with Crippen LogP contribution in [0.1, 0.15) is 0 Å². The van der Waals surface area contributed by atoms with Crippen molar-refractivity contribution in [2.24, 2.45) is 5.73 Å². The fourth-order valence-corrected chi connectivity index (χ4v) is 4.00. The van der Waals surface area contributed by atoms with Crippen molar-refractivity contribution in [3.63, 3.8) is 0 Å². The lowest BCUT2D eigenvalue weighted by atomic mass is 10.00. The Morgan fingerprint density at radius 1 is 0.625 bits per heavy atom. The summed E-state index contributed by atoms with van der Waals surface area (Å²) in [5, 5.41) is 7.87. The van der Waals surface area contributed by atoms with E-state index in [2.05, 4.69) is 77.4 Å². The molecule has 5 rings (SSSR count). The Labute approximate surface area is 140 Å². The van der Waals surface area contributed by atoms with Gasteiger partial charge >= 0.3 is 0 Å². The maximum Gasteiger partial charge on any atom is 0.0498 e. The lowest BCUT2D eigenvalue weighted by molar-refractivity contribution is 0.758. The maximum absolute atomic E-state index is 5.91. The van der Waals surface area contributed by atoms with Crippen LogP contribution < -0.4 is 5.73 Å². The van der Waals surface area contributed by atoms with E-state index in [0.717, 1.165) is 6.54 Å². The number of hydrogen-bond donors (Lipinski definition) is 1. The topological polar surface area (TPSA) is 30.9 Å². The highest BCUT2D eigenvalue weighted by molar-refractivity contribution is 6.27. The fraction of sp³-hybridized carbons (Fsp3) is 0.0909. The van der Waals surface area contributed by atoms with Gasteiger partial charge in [-0.1, -0.05) is 60.7 Å². The predicted octanol–water partition coefficient (Wildman–Crippen LogP) is 5.06. The van der Waals surface area contributed by atoms with E-state index < -0.39 is 0 Å². The molecule has 5 aromatic rings. The van der Waals surface area contributed by atoms with E-state index in [1.54, 1.807) is 0 Å². The second-order valence-corrected chi connectivity index (χ2v) is 6.30. The average Bonchev–Trinajstić information content (AvgIpc) is 2.97. The smallest absolute Gasteiger partial charge is 0.0498 e. The number of hydrogen-bond acceptors (Lipinski definition) is 1. The largest absolute Gasteiger partial charge is 0.339 e. The van der Waals surface area contributed by atoms with Gasteiger partial charge < -0.3 is 10.3 Å². The van der Waals surface area contributed by atoms with Gasteiger partial charge in [0.25, 0.3) is 0 Å². The first-order valence-corrected chi connectivity index (χ1v) is 8.40. The van der Waals surface area contributed by atoms with Gasteiger partial charge in [0.1, 0.15) is 0 Å². The molecule has 0 saturated heterocycles. The van der Waals surface area contributed by atoms with Gasteiger partial charge in [0.05, 0.1) is 0 Å². The van der Waals surface area contributed by atoms with Crippen LogP contribution in [0, 0.1) is 0 Å². The summed E-state index contributed by atoms with van der Waals surface area (Å²) < 4.78 is 2.36. The van der Waals surface area contributed by atoms with Crippen LogP contribution in [0.2, 0.25) is 0 Å². The molecule has 0 amide bonds. The molecule has 0 fully saturated rings. The molecule has 0 aliphatic carbocycles. The molecule has 2 heteroatoms. The van der Waals surface area contributed by atoms with Gasteiger partial charge in [0.15, 0.2) is 0 Å². The van der Waals surface area contributed by atoms with Crippen LogP contribution in [-0.2, 0) is 6.54 Å². The van der Waals surface area contributed by atoms with E-state index in [1.165, 1.54) is 43.4 Å². The third kappa shape index (κ3) is 1.75. The van der Waals surface area contributed by atoms with Crippen LogP contribution in [0.5, 0.6) is 0 Å². The first kappa shape index (κ1) is 13.6. The van der Waals surface area contributed by atoms with Crippen molar-refractivity contribution in [3.05, 3.63) is 72.8 Å². The van der Waals surface area contributed by atoms with Gasteiger partial charge in [0.2, 0.25) is 0 Å². The summed E-state index contributed by atoms with van der Waals surface area (Å²) in [4.78, 5) is 0. The Morgan fingerprint density at radius 3 is 1.62 bits per heavy atom. The van der Waals surface area contributed by atoms with Gasteiger partial charge in [-0.05, 0) is 33.7 Å². The molecule has 116 valence electrons. The maximum atomic E-state index is 5.91. The number of nitrogens with two attached hydrogens (primary N) is 1. The van der Waals surface area contributed by atoms with Crippen molar-refractivity contribution >= 4 is 43.4 Å². The van der Waals surface area contributed by atoms with E-state index in [0.29, 0.717) is 6.54 Å². The molecule has 4 aromatic carbocycles. The molecule has 0 unspecified atom stereocenters. The van der Waals surface area contributed by atoms with Crippen LogP contribution in [0.25, 0.3) is 43.4 Å². The zero-order valence-corrected chi connectivity index (χ0v) is 13.4. The van der Waals surface area contributed by atoms with Crippen molar-refractivity contribution in [2.45, 2.75) is 6.54 Å². The lowest BCUT2D eigenvalue weighted by Crippen LogP contribution is -2.09. The van der Waals surface area contributed by atoms with Gasteiger partial charge in [-0.2, -0.15) is 0 Å². The molecule has 0 atom stereocenters. The molecule has 0 aliphatic rings. The Hall–Kier alpha value is -2.84. The minimum absolute atomic E-state index is 0.637. The highest BCUT2D eigenvalue weighted by atomic mass is 15.0. The highest BCUT2D eigenvalue weighted by Crippen LogP contribution is 2.38. The molecular formula is C22H18N2. The van der Waals surface area contributed by atoms with Crippen molar-refractivity contribution < 1.29 is 0 Å². The van der Waals surface area contributed by atoms with E-state index in [9.17, 15) is 0 Å². The summed E-state index contributed by atoms with van der Waals surface area (Å²) >= 11 is 0. The average molecular weight is 310 g/mol. The summed E-state index contributed by atoms with van der Waals surface area (Å²) in [7, 11) is 0. The molecule has 2 nitrogen and oxygen atoms in total. The summed E-state index contributed by atoms with van der Waals surface area (Å²) in [6.07, 6.45) is 0. The summed E-state index contributed by atoms with van der Waals surface area (Å²) in [6.45, 7) is 1.47. The predicted molar refractivity (Wildman–Crippen MR) is 104 cm³/mol. The monoisotopic (exact) mass is 310 g/mol. The summed E-state index contributed by atoms with van der Waals surface area (Å²) in [5.74, 6) is 0. The van der Waals surface area contributed by atoms with Crippen LogP contribution in [0.4, 0.5) is 0 Å². The fourth-order valence-electron chi connectivity index (χ4n) is 4.00. The van der Waals surface area contributed by atoms with Crippen LogP contribution in [0.3, 0.4) is 0 Å². The molecule has 1 heterocycles. The molecule has 0 saturated carbocycles. The number of rotatable bonds is 2. The van der Waals surface area contributed by atoms with Crippen molar-refractivity contribution in [1.29, 1.82) is 0 Å². The minimum atomic E-state index is 0.637. The van der Waals surface area contributed by atoms with E-state index in [1.807, 2.05) is 0 Å². The molecule has 2 N–H and O–H groups in total. The SMILES string of the molecule is NCCn1c2ccc3ccccc3c2c2c3ccccc3ccc21. The highest BCUT2D eigenvalue weighted by Gasteiger charge is 2.15. The van der Waals surface area contributed by atoms with Gasteiger partial charge in [-0.15, -0.1) is 0 Å². The van der Waals surface area contributed by atoms with Crippen LogP contribution in [-0.4, -0.2) is 11.1 Å². The standard InChI is InChI=1S/C22H18N2/c23-13-14-24-19-11-9-15-5-1-3-7-17(15)21(19)22-18-8-4-2-6-16(18)10-12-20(22)24/h1-12H,13-14,23H2. The molecule has 0 radical (unpaired) electrons. The van der Waals surface area contributed by atoms with E-state index >= 15 is 0 Å². The third-order valence-electron chi connectivity index (χ3n) is 5.00. The number of aromatic nitrogens is 1. The van der Waals surface area contributed by atoms with Gasteiger partial charge in [-0.3, -0.25) is 0 Å². The molecule has 0 bridgehead atoms. The minimum Gasteiger partial charge on any atom is -0.339 e. The molecule has 0 spiro atoms. The Kier molecular flexibility index (Phi) is 2.88. The summed E-state index contributed by atoms with van der Waals surface area (Å²) in [5.41, 5.74) is 8.44. The number of fused-ring (bicyclic) bond motifs is 7. The quantitative estimate of drug-likeness (QED) is 0.485.